The van der Waals surface area contributed by atoms with Crippen molar-refractivity contribution < 1.29 is 19.8 Å². The highest BCUT2D eigenvalue weighted by Crippen LogP contribution is 2.12. The van der Waals surface area contributed by atoms with Gasteiger partial charge in [0.1, 0.15) is 0 Å². The third kappa shape index (κ3) is 3.55. The van der Waals surface area contributed by atoms with Crippen LogP contribution in [0.15, 0.2) is 11.1 Å². The third-order valence-corrected chi connectivity index (χ3v) is 1.67. The van der Waals surface area contributed by atoms with E-state index in [-0.39, 0.29) is 37.1 Å². The average molecular weight is 202 g/mol. The van der Waals surface area contributed by atoms with Gasteiger partial charge in [0.25, 0.3) is 0 Å². The van der Waals surface area contributed by atoms with Gasteiger partial charge >= 0.3 is 11.9 Å². The molecule has 0 aromatic carbocycles. The minimum atomic E-state index is -1.25. The number of nitrogens with two attached hydrogens (primary N) is 2. The van der Waals surface area contributed by atoms with Gasteiger partial charge in [0, 0.05) is 11.1 Å². The fraction of sp³-hybridized carbons (Fsp3) is 0.500. The van der Waals surface area contributed by atoms with Crippen molar-refractivity contribution in [2.24, 2.45) is 11.5 Å². The van der Waals surface area contributed by atoms with Crippen molar-refractivity contribution in [3.8, 4) is 0 Å². The monoisotopic (exact) mass is 202 g/mol. The number of hydrogen-bond acceptors (Lipinski definition) is 4. The zero-order valence-corrected chi connectivity index (χ0v) is 7.69. The van der Waals surface area contributed by atoms with E-state index in [9.17, 15) is 9.59 Å². The average Bonchev–Trinajstić information content (AvgIpc) is 2.10. The van der Waals surface area contributed by atoms with Crippen molar-refractivity contribution in [1.29, 1.82) is 0 Å². The van der Waals surface area contributed by atoms with Gasteiger partial charge in [-0.25, -0.2) is 9.59 Å². The van der Waals surface area contributed by atoms with E-state index in [1.54, 1.807) is 0 Å². The van der Waals surface area contributed by atoms with Crippen LogP contribution in [-0.2, 0) is 9.59 Å². The molecule has 0 spiro atoms. The number of carboxylic acid groups (broad SMARTS) is 2. The van der Waals surface area contributed by atoms with Crippen molar-refractivity contribution in [2.75, 3.05) is 13.1 Å². The van der Waals surface area contributed by atoms with E-state index in [1.165, 1.54) is 0 Å². The Hall–Kier alpha value is -1.40. The van der Waals surface area contributed by atoms with Crippen LogP contribution in [0.4, 0.5) is 0 Å². The van der Waals surface area contributed by atoms with Crippen LogP contribution in [0.2, 0.25) is 0 Å². The van der Waals surface area contributed by atoms with Crippen LogP contribution < -0.4 is 11.5 Å². The summed E-state index contributed by atoms with van der Waals surface area (Å²) in [6.07, 6.45) is 0.0773. The topological polar surface area (TPSA) is 127 Å². The first-order chi connectivity index (χ1) is 6.54. The van der Waals surface area contributed by atoms with Crippen LogP contribution in [-0.4, -0.2) is 35.2 Å². The Kier molecular flexibility index (Phi) is 5.50. The number of aliphatic carboxylic acids is 2. The first-order valence-electron chi connectivity index (χ1n) is 4.13. The molecule has 6 nitrogen and oxygen atoms in total. The maximum atomic E-state index is 10.7. The van der Waals surface area contributed by atoms with Gasteiger partial charge in [-0.2, -0.15) is 0 Å². The van der Waals surface area contributed by atoms with Crippen LogP contribution >= 0.6 is 0 Å². The van der Waals surface area contributed by atoms with E-state index in [2.05, 4.69) is 0 Å². The zero-order chi connectivity index (χ0) is 11.1. The summed E-state index contributed by atoms with van der Waals surface area (Å²) in [7, 11) is 0. The van der Waals surface area contributed by atoms with E-state index < -0.39 is 11.9 Å². The van der Waals surface area contributed by atoms with Crippen molar-refractivity contribution in [1.82, 2.24) is 0 Å². The highest BCUT2D eigenvalue weighted by Gasteiger charge is 2.18. The number of hydrogen-bond donors (Lipinski definition) is 4. The molecule has 14 heavy (non-hydrogen) atoms. The number of rotatable bonds is 6. The lowest BCUT2D eigenvalue weighted by molar-refractivity contribution is -0.136. The minimum Gasteiger partial charge on any atom is -0.478 e. The SMILES string of the molecule is NCC/C(C(=O)O)=C(/CCN)C(=O)O. The van der Waals surface area contributed by atoms with Gasteiger partial charge in [-0.3, -0.25) is 0 Å². The van der Waals surface area contributed by atoms with Gasteiger partial charge in [0.05, 0.1) is 0 Å². The maximum Gasteiger partial charge on any atom is 0.332 e. The van der Waals surface area contributed by atoms with Crippen LogP contribution in [0, 0.1) is 0 Å². The van der Waals surface area contributed by atoms with Gasteiger partial charge < -0.3 is 21.7 Å². The Morgan fingerprint density at radius 2 is 1.14 bits per heavy atom. The smallest absolute Gasteiger partial charge is 0.332 e. The van der Waals surface area contributed by atoms with E-state index in [0.29, 0.717) is 0 Å². The molecule has 0 unspecified atom stereocenters. The highest BCUT2D eigenvalue weighted by atomic mass is 16.4. The second kappa shape index (κ2) is 6.11. The number of carbonyl (C=O) groups is 2. The van der Waals surface area contributed by atoms with Gasteiger partial charge in [-0.1, -0.05) is 0 Å². The molecule has 6 heteroatoms. The molecule has 0 bridgehead atoms. The second-order valence-electron chi connectivity index (χ2n) is 2.64. The van der Waals surface area contributed by atoms with Gasteiger partial charge in [-0.05, 0) is 25.9 Å². The Bertz CT molecular complexity index is 234. The first kappa shape index (κ1) is 12.6. The summed E-state index contributed by atoms with van der Waals surface area (Å²) < 4.78 is 0. The lowest BCUT2D eigenvalue weighted by atomic mass is 10.0. The molecule has 0 aromatic rings. The second-order valence-corrected chi connectivity index (χ2v) is 2.64. The van der Waals surface area contributed by atoms with Crippen LogP contribution in [0.1, 0.15) is 12.8 Å². The largest absolute Gasteiger partial charge is 0.478 e. The van der Waals surface area contributed by atoms with Crippen molar-refractivity contribution in [3.63, 3.8) is 0 Å². The summed E-state index contributed by atoms with van der Waals surface area (Å²) in [6.45, 7) is 0.200. The molecule has 0 radical (unpaired) electrons. The molecular weight excluding hydrogens is 188 g/mol. The Balaban J connectivity index is 5.03. The molecule has 0 saturated carbocycles. The minimum absolute atomic E-state index is 0.0387. The van der Waals surface area contributed by atoms with Crippen molar-refractivity contribution in [2.45, 2.75) is 12.8 Å². The number of carboxylic acids is 2. The molecule has 0 fully saturated rings. The van der Waals surface area contributed by atoms with E-state index in [1.807, 2.05) is 0 Å². The standard InChI is InChI=1S/C8H14N2O4/c9-3-1-5(7(11)12)6(2-4-10)8(13)14/h1-4,9-10H2,(H,11,12)(H,13,14)/b6-5+. The summed E-state index contributed by atoms with van der Waals surface area (Å²) in [5.74, 6) is -2.50. The zero-order valence-electron chi connectivity index (χ0n) is 7.69. The molecule has 0 amide bonds. The lowest BCUT2D eigenvalue weighted by Crippen LogP contribution is -2.17. The van der Waals surface area contributed by atoms with E-state index in [4.69, 9.17) is 21.7 Å². The molecule has 0 heterocycles. The van der Waals surface area contributed by atoms with E-state index in [0.717, 1.165) is 0 Å². The summed E-state index contributed by atoms with van der Waals surface area (Å²) in [5.41, 5.74) is 10.0. The van der Waals surface area contributed by atoms with Crippen LogP contribution in [0.25, 0.3) is 0 Å². The Morgan fingerprint density at radius 1 is 0.857 bits per heavy atom. The summed E-state index contributed by atoms with van der Waals surface area (Å²) in [5, 5.41) is 17.5. The maximum absolute atomic E-state index is 10.7. The van der Waals surface area contributed by atoms with Crippen LogP contribution in [0.3, 0.4) is 0 Å². The normalized spacial score (nSPS) is 12.1. The summed E-state index contributed by atoms with van der Waals surface area (Å²) >= 11 is 0. The van der Waals surface area contributed by atoms with Gasteiger partial charge in [-0.15, -0.1) is 0 Å². The predicted octanol–water partition coefficient (Wildman–Crippen LogP) is -0.850. The Labute approximate surface area is 81.2 Å². The lowest BCUT2D eigenvalue weighted by Gasteiger charge is -2.06. The highest BCUT2D eigenvalue weighted by molar-refractivity contribution is 5.98. The summed E-state index contributed by atoms with van der Waals surface area (Å²) in [4.78, 5) is 21.4. The Morgan fingerprint density at radius 3 is 1.29 bits per heavy atom. The van der Waals surface area contributed by atoms with E-state index >= 15 is 0 Å². The molecule has 0 aliphatic rings. The fourth-order valence-electron chi connectivity index (χ4n) is 1.06. The molecule has 0 rings (SSSR count). The van der Waals surface area contributed by atoms with Crippen molar-refractivity contribution in [3.05, 3.63) is 11.1 Å². The molecular formula is C8H14N2O4. The first-order valence-corrected chi connectivity index (χ1v) is 4.13. The predicted molar refractivity (Wildman–Crippen MR) is 49.6 cm³/mol. The summed E-state index contributed by atoms with van der Waals surface area (Å²) in [6, 6.07) is 0. The quantitative estimate of drug-likeness (QED) is 0.415. The molecule has 0 saturated heterocycles. The molecule has 6 N–H and O–H groups in total. The van der Waals surface area contributed by atoms with Crippen LogP contribution in [0.5, 0.6) is 0 Å². The van der Waals surface area contributed by atoms with Gasteiger partial charge in [0.2, 0.25) is 0 Å². The molecule has 0 aliphatic heterocycles. The van der Waals surface area contributed by atoms with Gasteiger partial charge in [0.15, 0.2) is 0 Å². The molecule has 0 atom stereocenters. The molecule has 80 valence electrons. The third-order valence-electron chi connectivity index (χ3n) is 1.67. The molecule has 0 aromatic heterocycles. The molecule has 0 aliphatic carbocycles. The van der Waals surface area contributed by atoms with Crippen molar-refractivity contribution >= 4 is 11.9 Å². The fourth-order valence-corrected chi connectivity index (χ4v) is 1.06.